The number of hydrogen-bond acceptors (Lipinski definition) is 6. The highest BCUT2D eigenvalue weighted by Gasteiger charge is 2.22. The number of carbonyl (C=O) groups is 3. The van der Waals surface area contributed by atoms with Gasteiger partial charge in [0.25, 0.3) is 0 Å². The van der Waals surface area contributed by atoms with E-state index < -0.39 is 0 Å². The van der Waals surface area contributed by atoms with Gasteiger partial charge in [-0.2, -0.15) is 0 Å². The molecular formula is C20H38O6. The van der Waals surface area contributed by atoms with Gasteiger partial charge in [-0.15, -0.1) is 0 Å². The second-order valence-corrected chi connectivity index (χ2v) is 8.49. The second kappa shape index (κ2) is 11.9. The van der Waals surface area contributed by atoms with Gasteiger partial charge < -0.3 is 14.2 Å². The highest BCUT2D eigenvalue weighted by atomic mass is 16.6. The summed E-state index contributed by atoms with van der Waals surface area (Å²) >= 11 is 0. The minimum absolute atomic E-state index is 0.00926. The quantitative estimate of drug-likeness (QED) is 0.525. The molecule has 0 aromatic carbocycles. The summed E-state index contributed by atoms with van der Waals surface area (Å²) in [5, 5.41) is 0. The van der Waals surface area contributed by atoms with E-state index in [-0.39, 0.29) is 41.1 Å². The van der Waals surface area contributed by atoms with Crippen molar-refractivity contribution in [3.63, 3.8) is 0 Å². The molecule has 1 saturated carbocycles. The molecule has 0 amide bonds. The van der Waals surface area contributed by atoms with Gasteiger partial charge in [-0.05, 0) is 52.4 Å². The van der Waals surface area contributed by atoms with Gasteiger partial charge in [0.15, 0.2) is 0 Å². The van der Waals surface area contributed by atoms with Crippen molar-refractivity contribution in [3.05, 3.63) is 0 Å². The van der Waals surface area contributed by atoms with Gasteiger partial charge in [0.05, 0.1) is 0 Å². The van der Waals surface area contributed by atoms with Crippen LogP contribution in [-0.4, -0.2) is 35.7 Å². The average molecular weight is 375 g/mol. The lowest BCUT2D eigenvalue weighted by atomic mass is 9.90. The van der Waals surface area contributed by atoms with Crippen LogP contribution in [0.4, 0.5) is 0 Å². The highest BCUT2D eigenvalue weighted by molar-refractivity contribution is 5.66. The molecule has 1 rings (SSSR count). The van der Waals surface area contributed by atoms with E-state index in [2.05, 4.69) is 0 Å². The summed E-state index contributed by atoms with van der Waals surface area (Å²) in [6.45, 7) is 17.9. The van der Waals surface area contributed by atoms with Crippen molar-refractivity contribution in [2.45, 2.75) is 106 Å². The standard InChI is InChI=1S/C8H16O2.C6H10O2.C6H12O2/c1-6(8(3,4)5)10-7(2)9;1-5(7)8-6-3-2-4-6;1-5(7)8-6(2,3)4/h6H,1-5H3;6H,2-4H2,1H3;1-4H3. The van der Waals surface area contributed by atoms with E-state index in [1.807, 2.05) is 48.5 Å². The molecule has 26 heavy (non-hydrogen) atoms. The molecule has 0 bridgehead atoms. The van der Waals surface area contributed by atoms with Crippen molar-refractivity contribution >= 4 is 17.9 Å². The Labute approximate surface area is 159 Å². The zero-order chi connectivity index (χ0) is 21.1. The lowest BCUT2D eigenvalue weighted by Gasteiger charge is -2.26. The molecule has 0 spiro atoms. The molecule has 6 nitrogen and oxygen atoms in total. The van der Waals surface area contributed by atoms with E-state index >= 15 is 0 Å². The summed E-state index contributed by atoms with van der Waals surface area (Å²) in [7, 11) is 0. The maximum Gasteiger partial charge on any atom is 0.303 e. The van der Waals surface area contributed by atoms with E-state index in [0.717, 1.165) is 12.8 Å². The van der Waals surface area contributed by atoms with Gasteiger partial charge in [-0.25, -0.2) is 0 Å². The smallest absolute Gasteiger partial charge is 0.303 e. The van der Waals surface area contributed by atoms with Crippen LogP contribution in [0, 0.1) is 5.41 Å². The van der Waals surface area contributed by atoms with Crippen molar-refractivity contribution in [1.82, 2.24) is 0 Å². The predicted molar refractivity (Wildman–Crippen MR) is 102 cm³/mol. The molecule has 1 atom stereocenters. The van der Waals surface area contributed by atoms with E-state index in [1.54, 1.807) is 0 Å². The molecule has 0 saturated heterocycles. The first-order valence-corrected chi connectivity index (χ1v) is 9.08. The average Bonchev–Trinajstić information content (AvgIpc) is 2.30. The van der Waals surface area contributed by atoms with Crippen LogP contribution >= 0.6 is 0 Å². The van der Waals surface area contributed by atoms with Gasteiger partial charge in [0.1, 0.15) is 17.8 Å². The Morgan fingerprint density at radius 1 is 0.846 bits per heavy atom. The molecule has 1 aliphatic rings. The third-order valence-electron chi connectivity index (χ3n) is 3.40. The first-order chi connectivity index (χ1) is 11.5. The van der Waals surface area contributed by atoms with Gasteiger partial charge in [-0.3, -0.25) is 14.4 Å². The largest absolute Gasteiger partial charge is 0.463 e. The molecule has 0 aromatic rings. The van der Waals surface area contributed by atoms with E-state index in [9.17, 15) is 14.4 Å². The van der Waals surface area contributed by atoms with Crippen LogP contribution in [0.2, 0.25) is 0 Å². The Morgan fingerprint density at radius 3 is 1.38 bits per heavy atom. The van der Waals surface area contributed by atoms with Crippen molar-refractivity contribution in [1.29, 1.82) is 0 Å². The normalized spacial score (nSPS) is 15.0. The fourth-order valence-corrected chi connectivity index (χ4v) is 1.58. The van der Waals surface area contributed by atoms with Crippen LogP contribution in [0.15, 0.2) is 0 Å². The molecule has 1 aliphatic carbocycles. The minimum atomic E-state index is -0.328. The van der Waals surface area contributed by atoms with Crippen LogP contribution in [0.3, 0.4) is 0 Å². The van der Waals surface area contributed by atoms with Gasteiger partial charge >= 0.3 is 17.9 Å². The van der Waals surface area contributed by atoms with Crippen LogP contribution in [0.5, 0.6) is 0 Å². The topological polar surface area (TPSA) is 78.9 Å². The first kappa shape index (κ1) is 26.6. The molecule has 154 valence electrons. The fourth-order valence-electron chi connectivity index (χ4n) is 1.58. The Hall–Kier alpha value is -1.59. The number of ether oxygens (including phenoxy) is 3. The Balaban J connectivity index is 0. The maximum absolute atomic E-state index is 10.5. The third kappa shape index (κ3) is 18.7. The molecule has 0 N–H and O–H groups in total. The molecular weight excluding hydrogens is 336 g/mol. The number of hydrogen-bond donors (Lipinski definition) is 0. The van der Waals surface area contributed by atoms with E-state index in [1.165, 1.54) is 27.2 Å². The van der Waals surface area contributed by atoms with Gasteiger partial charge in [-0.1, -0.05) is 20.8 Å². The number of esters is 3. The van der Waals surface area contributed by atoms with Crippen LogP contribution in [0.1, 0.15) is 88.5 Å². The summed E-state index contributed by atoms with van der Waals surface area (Å²) in [4.78, 5) is 30.9. The van der Waals surface area contributed by atoms with Gasteiger partial charge in [0, 0.05) is 20.8 Å². The van der Waals surface area contributed by atoms with Crippen LogP contribution < -0.4 is 0 Å². The molecule has 1 unspecified atom stereocenters. The SMILES string of the molecule is CC(=O)OC(C)(C)C.CC(=O)OC(C)C(C)(C)C.CC(=O)OC1CCC1. The molecule has 6 heteroatoms. The van der Waals surface area contributed by atoms with E-state index in [0.29, 0.717) is 0 Å². The highest BCUT2D eigenvalue weighted by Crippen LogP contribution is 2.22. The predicted octanol–water partition coefficient (Wildman–Crippen LogP) is 4.43. The zero-order valence-corrected chi connectivity index (χ0v) is 18.2. The summed E-state index contributed by atoms with van der Waals surface area (Å²) in [6, 6.07) is 0. The van der Waals surface area contributed by atoms with Crippen molar-refractivity contribution in [2.24, 2.45) is 5.41 Å². The minimum Gasteiger partial charge on any atom is -0.463 e. The molecule has 0 aliphatic heterocycles. The second-order valence-electron chi connectivity index (χ2n) is 8.49. The maximum atomic E-state index is 10.5. The van der Waals surface area contributed by atoms with Crippen LogP contribution in [0.25, 0.3) is 0 Å². The summed E-state index contributed by atoms with van der Waals surface area (Å²) in [6.07, 6.45) is 3.61. The summed E-state index contributed by atoms with van der Waals surface area (Å²) in [5.74, 6) is -0.574. The zero-order valence-electron chi connectivity index (χ0n) is 18.2. The Bertz CT molecular complexity index is 438. The number of rotatable bonds is 2. The third-order valence-corrected chi connectivity index (χ3v) is 3.40. The lowest BCUT2D eigenvalue weighted by molar-refractivity contribution is -0.152. The summed E-state index contributed by atoms with van der Waals surface area (Å²) in [5.41, 5.74) is -0.280. The first-order valence-electron chi connectivity index (χ1n) is 9.08. The van der Waals surface area contributed by atoms with E-state index in [4.69, 9.17) is 14.2 Å². The van der Waals surface area contributed by atoms with Crippen LogP contribution in [-0.2, 0) is 28.6 Å². The summed E-state index contributed by atoms with van der Waals surface area (Å²) < 4.78 is 14.6. The molecule has 0 radical (unpaired) electrons. The Morgan fingerprint density at radius 2 is 1.31 bits per heavy atom. The fraction of sp³-hybridized carbons (Fsp3) is 0.850. The van der Waals surface area contributed by atoms with Gasteiger partial charge in [0.2, 0.25) is 0 Å². The Kier molecular flexibility index (Phi) is 12.2. The molecule has 0 aromatic heterocycles. The molecule has 1 fully saturated rings. The lowest BCUT2D eigenvalue weighted by Crippen LogP contribution is -2.27. The van der Waals surface area contributed by atoms with Crippen molar-refractivity contribution in [2.75, 3.05) is 0 Å². The molecule has 0 heterocycles. The van der Waals surface area contributed by atoms with Crippen molar-refractivity contribution in [3.8, 4) is 0 Å². The monoisotopic (exact) mass is 374 g/mol. The van der Waals surface area contributed by atoms with Crippen molar-refractivity contribution < 1.29 is 28.6 Å². The number of carbonyl (C=O) groups excluding carboxylic acids is 3.